The molecule has 1 rings (SSSR count). The fourth-order valence-corrected chi connectivity index (χ4v) is 1.51. The van der Waals surface area contributed by atoms with Crippen LogP contribution in [0.25, 0.3) is 0 Å². The summed E-state index contributed by atoms with van der Waals surface area (Å²) in [6.45, 7) is 2.11. The van der Waals surface area contributed by atoms with Gasteiger partial charge in [0.1, 0.15) is 0 Å². The van der Waals surface area contributed by atoms with Gasteiger partial charge in [-0.2, -0.15) is 0 Å². The van der Waals surface area contributed by atoms with E-state index in [1.54, 1.807) is 24.3 Å². The van der Waals surface area contributed by atoms with E-state index in [1.165, 1.54) is 14.0 Å². The molecule has 0 spiro atoms. The van der Waals surface area contributed by atoms with Crippen LogP contribution >= 0.6 is 0 Å². The Hall–Kier alpha value is -2.41. The maximum absolute atomic E-state index is 11.6. The van der Waals surface area contributed by atoms with Crippen LogP contribution in [0, 0.1) is 0 Å². The number of ketones is 1. The molecule has 114 valence electrons. The Bertz CT molecular complexity index is 517. The van der Waals surface area contributed by atoms with Crippen LogP contribution in [-0.2, 0) is 9.53 Å². The number of hydrogen-bond donors (Lipinski definition) is 3. The highest BCUT2D eigenvalue weighted by Crippen LogP contribution is 2.10. The van der Waals surface area contributed by atoms with E-state index in [1.807, 2.05) is 0 Å². The van der Waals surface area contributed by atoms with E-state index in [0.29, 0.717) is 24.4 Å². The number of rotatable bonds is 7. The number of anilines is 1. The van der Waals surface area contributed by atoms with Crippen LogP contribution in [-0.4, -0.2) is 44.5 Å². The number of nitrogens with one attached hydrogen (secondary N) is 3. The van der Waals surface area contributed by atoms with Gasteiger partial charge in [0.2, 0.25) is 5.91 Å². The summed E-state index contributed by atoms with van der Waals surface area (Å²) < 4.78 is 4.79. The molecule has 0 unspecified atom stereocenters. The van der Waals surface area contributed by atoms with Gasteiger partial charge in [-0.1, -0.05) is 12.1 Å². The summed E-state index contributed by atoms with van der Waals surface area (Å²) in [5, 5.41) is 7.55. The lowest BCUT2D eigenvalue weighted by atomic mass is 10.1. The summed E-state index contributed by atoms with van der Waals surface area (Å²) >= 11 is 0. The highest BCUT2D eigenvalue weighted by atomic mass is 16.5. The van der Waals surface area contributed by atoms with Crippen LogP contribution in [0.15, 0.2) is 24.3 Å². The van der Waals surface area contributed by atoms with Crippen LogP contribution in [0.4, 0.5) is 10.5 Å². The molecule has 0 heterocycles. The summed E-state index contributed by atoms with van der Waals surface area (Å²) in [5.74, 6) is -0.392. The Kier molecular flexibility index (Phi) is 6.90. The number of carbonyl (C=O) groups is 3. The quantitative estimate of drug-likeness (QED) is 0.511. The molecule has 3 amide bonds. The molecule has 7 heteroatoms. The van der Waals surface area contributed by atoms with Gasteiger partial charge in [0.15, 0.2) is 5.78 Å². The normalized spacial score (nSPS) is 9.81. The van der Waals surface area contributed by atoms with Crippen LogP contribution in [0.2, 0.25) is 0 Å². The Morgan fingerprint density at radius 2 is 1.95 bits per heavy atom. The van der Waals surface area contributed by atoms with Gasteiger partial charge in [-0.05, 0) is 19.1 Å². The summed E-state index contributed by atoms with van der Waals surface area (Å²) in [7, 11) is 1.53. The zero-order valence-electron chi connectivity index (χ0n) is 12.1. The van der Waals surface area contributed by atoms with Gasteiger partial charge in [-0.3, -0.25) is 9.59 Å². The topological polar surface area (TPSA) is 96.5 Å². The molecule has 3 N–H and O–H groups in total. The van der Waals surface area contributed by atoms with E-state index >= 15 is 0 Å². The number of carbonyl (C=O) groups excluding carboxylic acids is 3. The molecule has 0 saturated carbocycles. The second-order valence-electron chi connectivity index (χ2n) is 4.29. The number of benzene rings is 1. The summed E-state index contributed by atoms with van der Waals surface area (Å²) in [4.78, 5) is 34.2. The van der Waals surface area contributed by atoms with E-state index < -0.39 is 6.03 Å². The predicted octanol–water partition coefficient (Wildman–Crippen LogP) is 0.773. The molecule has 0 radical (unpaired) electrons. The highest BCUT2D eigenvalue weighted by Gasteiger charge is 2.06. The van der Waals surface area contributed by atoms with Crippen molar-refractivity contribution in [1.29, 1.82) is 0 Å². The fourth-order valence-electron chi connectivity index (χ4n) is 1.51. The standard InChI is InChI=1S/C14H19N3O4/c1-10(18)11-4-3-5-12(8-11)17-14(20)16-9-13(19)15-6-7-21-2/h3-5,8H,6-7,9H2,1-2H3,(H,15,19)(H2,16,17,20). The SMILES string of the molecule is COCCNC(=O)CNC(=O)Nc1cccc(C(C)=O)c1. The van der Waals surface area contributed by atoms with Gasteiger partial charge in [-0.15, -0.1) is 0 Å². The van der Waals surface area contributed by atoms with Crippen LogP contribution in [0.1, 0.15) is 17.3 Å². The van der Waals surface area contributed by atoms with E-state index in [2.05, 4.69) is 16.0 Å². The average molecular weight is 293 g/mol. The third-order valence-corrected chi connectivity index (χ3v) is 2.56. The van der Waals surface area contributed by atoms with Crippen molar-refractivity contribution in [3.05, 3.63) is 29.8 Å². The van der Waals surface area contributed by atoms with Gasteiger partial charge >= 0.3 is 6.03 Å². The minimum absolute atomic E-state index is 0.0865. The van der Waals surface area contributed by atoms with Gasteiger partial charge in [-0.25, -0.2) is 4.79 Å². The molecule has 0 atom stereocenters. The first-order chi connectivity index (χ1) is 10.0. The van der Waals surface area contributed by atoms with E-state index in [-0.39, 0.29) is 18.2 Å². The lowest BCUT2D eigenvalue weighted by molar-refractivity contribution is -0.120. The second kappa shape index (κ2) is 8.70. The minimum Gasteiger partial charge on any atom is -0.383 e. The molecule has 0 aromatic heterocycles. The van der Waals surface area contributed by atoms with Gasteiger partial charge in [0, 0.05) is 24.9 Å². The summed E-state index contributed by atoms with van der Waals surface area (Å²) in [6.07, 6.45) is 0. The number of ether oxygens (including phenoxy) is 1. The fraction of sp³-hybridized carbons (Fsp3) is 0.357. The molecule has 0 bridgehead atoms. The molecule has 1 aromatic carbocycles. The Balaban J connectivity index is 2.38. The van der Waals surface area contributed by atoms with Crippen molar-refractivity contribution >= 4 is 23.4 Å². The first-order valence-electron chi connectivity index (χ1n) is 6.44. The van der Waals surface area contributed by atoms with Crippen molar-refractivity contribution in [2.45, 2.75) is 6.92 Å². The molecular weight excluding hydrogens is 274 g/mol. The lowest BCUT2D eigenvalue weighted by Crippen LogP contribution is -2.39. The molecule has 1 aromatic rings. The van der Waals surface area contributed by atoms with Crippen molar-refractivity contribution in [3.63, 3.8) is 0 Å². The zero-order chi connectivity index (χ0) is 15.7. The number of hydrogen-bond acceptors (Lipinski definition) is 4. The Morgan fingerprint density at radius 3 is 2.62 bits per heavy atom. The minimum atomic E-state index is -0.516. The summed E-state index contributed by atoms with van der Waals surface area (Å²) in [5.41, 5.74) is 0.991. The molecule has 0 aliphatic heterocycles. The number of Topliss-reactive ketones (excluding diaryl/α,β-unsaturated/α-hetero) is 1. The van der Waals surface area contributed by atoms with Crippen molar-refractivity contribution < 1.29 is 19.1 Å². The van der Waals surface area contributed by atoms with E-state index in [4.69, 9.17) is 4.74 Å². The van der Waals surface area contributed by atoms with Crippen LogP contribution in [0.3, 0.4) is 0 Å². The van der Waals surface area contributed by atoms with Gasteiger partial charge < -0.3 is 20.7 Å². The highest BCUT2D eigenvalue weighted by molar-refractivity contribution is 5.97. The van der Waals surface area contributed by atoms with Gasteiger partial charge in [0.05, 0.1) is 13.2 Å². The van der Waals surface area contributed by atoms with Crippen LogP contribution in [0.5, 0.6) is 0 Å². The molecule has 0 fully saturated rings. The summed E-state index contributed by atoms with van der Waals surface area (Å²) in [6, 6.07) is 6.04. The van der Waals surface area contributed by atoms with E-state index in [0.717, 1.165) is 0 Å². The zero-order valence-corrected chi connectivity index (χ0v) is 12.1. The smallest absolute Gasteiger partial charge is 0.319 e. The number of amides is 3. The van der Waals surface area contributed by atoms with Crippen molar-refractivity contribution in [2.75, 3.05) is 32.1 Å². The van der Waals surface area contributed by atoms with Crippen molar-refractivity contribution in [2.24, 2.45) is 0 Å². The Morgan fingerprint density at radius 1 is 1.19 bits per heavy atom. The first kappa shape index (κ1) is 16.6. The number of urea groups is 1. The van der Waals surface area contributed by atoms with Crippen LogP contribution < -0.4 is 16.0 Å². The lowest BCUT2D eigenvalue weighted by Gasteiger charge is -2.08. The third kappa shape index (κ3) is 6.53. The maximum atomic E-state index is 11.6. The number of methoxy groups -OCH3 is 1. The molecular formula is C14H19N3O4. The first-order valence-corrected chi connectivity index (χ1v) is 6.44. The monoisotopic (exact) mass is 293 g/mol. The van der Waals surface area contributed by atoms with E-state index in [9.17, 15) is 14.4 Å². The third-order valence-electron chi connectivity index (χ3n) is 2.56. The maximum Gasteiger partial charge on any atom is 0.319 e. The molecule has 0 saturated heterocycles. The van der Waals surface area contributed by atoms with Crippen molar-refractivity contribution in [1.82, 2.24) is 10.6 Å². The second-order valence-corrected chi connectivity index (χ2v) is 4.29. The Labute approximate surface area is 123 Å². The predicted molar refractivity (Wildman–Crippen MR) is 78.4 cm³/mol. The largest absolute Gasteiger partial charge is 0.383 e. The molecule has 21 heavy (non-hydrogen) atoms. The van der Waals surface area contributed by atoms with Gasteiger partial charge in [0.25, 0.3) is 0 Å². The average Bonchev–Trinajstić information content (AvgIpc) is 2.45. The molecule has 7 nitrogen and oxygen atoms in total. The molecule has 0 aliphatic rings. The molecule has 0 aliphatic carbocycles. The van der Waals surface area contributed by atoms with Crippen molar-refractivity contribution in [3.8, 4) is 0 Å².